The number of hydrogen-bond donors (Lipinski definition) is 1. The zero-order chi connectivity index (χ0) is 10.7. The van der Waals surface area contributed by atoms with Crippen molar-refractivity contribution in [2.75, 3.05) is 19.6 Å². The normalized spacial score (nSPS) is 22.1. The number of hydrogen-bond acceptors (Lipinski definition) is 3. The van der Waals surface area contributed by atoms with Crippen molar-refractivity contribution < 1.29 is 0 Å². The topological polar surface area (TPSA) is 42.2 Å². The summed E-state index contributed by atoms with van der Waals surface area (Å²) < 4.78 is 0. The Kier molecular flexibility index (Phi) is 3.34. The number of likely N-dealkylation sites (tertiary alicyclic amines) is 1. The fourth-order valence-electron chi connectivity index (χ4n) is 2.15. The molecule has 1 saturated heterocycles. The summed E-state index contributed by atoms with van der Waals surface area (Å²) in [6.07, 6.45) is 5.08. The van der Waals surface area contributed by atoms with Gasteiger partial charge in [0.1, 0.15) is 0 Å². The molecule has 1 aliphatic rings. The molecule has 1 atom stereocenters. The van der Waals surface area contributed by atoms with Gasteiger partial charge in [-0.25, -0.2) is 0 Å². The van der Waals surface area contributed by atoms with Gasteiger partial charge in [-0.05, 0) is 49.5 Å². The van der Waals surface area contributed by atoms with Gasteiger partial charge in [0.25, 0.3) is 0 Å². The Morgan fingerprint density at radius 1 is 1.60 bits per heavy atom. The minimum absolute atomic E-state index is 0.696. The molecule has 1 fully saturated rings. The lowest BCUT2D eigenvalue weighted by atomic mass is 10.1. The summed E-state index contributed by atoms with van der Waals surface area (Å²) in [7, 11) is 0. The summed E-state index contributed by atoms with van der Waals surface area (Å²) in [4.78, 5) is 6.65. The first-order valence-corrected chi connectivity index (χ1v) is 5.61. The van der Waals surface area contributed by atoms with Crippen molar-refractivity contribution >= 4 is 0 Å². The molecular weight excluding hydrogens is 186 g/mol. The minimum atomic E-state index is 0.696. The molecule has 82 valence electrons. The third-order valence-electron chi connectivity index (χ3n) is 3.24. The van der Waals surface area contributed by atoms with Crippen LogP contribution in [0, 0.1) is 12.8 Å². The van der Waals surface area contributed by atoms with E-state index in [1.807, 2.05) is 12.4 Å². The first-order chi connectivity index (χ1) is 7.29. The van der Waals surface area contributed by atoms with E-state index < -0.39 is 0 Å². The van der Waals surface area contributed by atoms with Crippen LogP contribution in [0.25, 0.3) is 0 Å². The van der Waals surface area contributed by atoms with E-state index in [2.05, 4.69) is 22.9 Å². The lowest BCUT2D eigenvalue weighted by molar-refractivity contribution is 0.317. The van der Waals surface area contributed by atoms with Gasteiger partial charge >= 0.3 is 0 Å². The summed E-state index contributed by atoms with van der Waals surface area (Å²) in [5.41, 5.74) is 8.36. The van der Waals surface area contributed by atoms with Crippen LogP contribution in [-0.4, -0.2) is 29.5 Å². The van der Waals surface area contributed by atoms with Crippen LogP contribution in [0.4, 0.5) is 0 Å². The van der Waals surface area contributed by atoms with Crippen molar-refractivity contribution in [1.82, 2.24) is 9.88 Å². The van der Waals surface area contributed by atoms with Gasteiger partial charge in [-0.3, -0.25) is 9.88 Å². The highest BCUT2D eigenvalue weighted by Gasteiger charge is 2.21. The Balaban J connectivity index is 1.96. The Morgan fingerprint density at radius 2 is 2.47 bits per heavy atom. The number of nitrogens with two attached hydrogens (primary N) is 1. The van der Waals surface area contributed by atoms with Crippen LogP contribution in [-0.2, 0) is 6.54 Å². The van der Waals surface area contributed by atoms with E-state index in [0.29, 0.717) is 5.92 Å². The standard InChI is InChI=1S/C12H19N3/c1-10-2-4-14-7-12(10)9-15-5-3-11(6-13)8-15/h2,4,7,11H,3,5-6,8-9,13H2,1H3. The number of aromatic nitrogens is 1. The third-order valence-corrected chi connectivity index (χ3v) is 3.24. The van der Waals surface area contributed by atoms with Gasteiger partial charge in [-0.1, -0.05) is 0 Å². The van der Waals surface area contributed by atoms with Crippen molar-refractivity contribution in [2.45, 2.75) is 19.9 Å². The molecule has 2 N–H and O–H groups in total. The fourth-order valence-corrected chi connectivity index (χ4v) is 2.15. The molecule has 0 saturated carbocycles. The highest BCUT2D eigenvalue weighted by atomic mass is 15.1. The molecule has 1 aliphatic heterocycles. The molecule has 3 nitrogen and oxygen atoms in total. The molecule has 2 heterocycles. The monoisotopic (exact) mass is 205 g/mol. The molecule has 0 aromatic carbocycles. The Labute approximate surface area is 91.3 Å². The maximum Gasteiger partial charge on any atom is 0.0315 e. The van der Waals surface area contributed by atoms with E-state index in [-0.39, 0.29) is 0 Å². The van der Waals surface area contributed by atoms with E-state index in [1.165, 1.54) is 24.1 Å². The van der Waals surface area contributed by atoms with E-state index in [1.54, 1.807) is 0 Å². The van der Waals surface area contributed by atoms with Gasteiger partial charge < -0.3 is 5.73 Å². The SMILES string of the molecule is Cc1ccncc1CN1CCC(CN)C1. The smallest absolute Gasteiger partial charge is 0.0315 e. The van der Waals surface area contributed by atoms with Gasteiger partial charge in [-0.2, -0.15) is 0 Å². The largest absolute Gasteiger partial charge is 0.330 e. The van der Waals surface area contributed by atoms with Crippen molar-refractivity contribution in [1.29, 1.82) is 0 Å². The average Bonchev–Trinajstić information content (AvgIpc) is 2.69. The van der Waals surface area contributed by atoms with Gasteiger partial charge in [0, 0.05) is 25.5 Å². The van der Waals surface area contributed by atoms with Crippen LogP contribution in [0.2, 0.25) is 0 Å². The predicted octanol–water partition coefficient (Wildman–Crippen LogP) is 1.17. The summed E-state index contributed by atoms with van der Waals surface area (Å²) in [5.74, 6) is 0.696. The summed E-state index contributed by atoms with van der Waals surface area (Å²) in [6.45, 7) is 6.31. The Hall–Kier alpha value is -0.930. The molecule has 2 rings (SSSR count). The summed E-state index contributed by atoms with van der Waals surface area (Å²) >= 11 is 0. The lowest BCUT2D eigenvalue weighted by Crippen LogP contribution is -2.23. The van der Waals surface area contributed by atoms with Crippen LogP contribution in [0.1, 0.15) is 17.5 Å². The van der Waals surface area contributed by atoms with Crippen molar-refractivity contribution in [2.24, 2.45) is 11.7 Å². The molecule has 0 amide bonds. The van der Waals surface area contributed by atoms with Gasteiger partial charge in [0.15, 0.2) is 0 Å². The minimum Gasteiger partial charge on any atom is -0.330 e. The number of pyridine rings is 1. The van der Waals surface area contributed by atoms with Gasteiger partial charge in [0.2, 0.25) is 0 Å². The molecule has 0 bridgehead atoms. The van der Waals surface area contributed by atoms with Crippen LogP contribution in [0.15, 0.2) is 18.5 Å². The molecule has 1 aromatic heterocycles. The number of nitrogens with zero attached hydrogens (tertiary/aromatic N) is 2. The van der Waals surface area contributed by atoms with Crippen LogP contribution >= 0.6 is 0 Å². The van der Waals surface area contributed by atoms with Gasteiger partial charge in [-0.15, -0.1) is 0 Å². The highest BCUT2D eigenvalue weighted by molar-refractivity contribution is 5.21. The van der Waals surface area contributed by atoms with Crippen molar-refractivity contribution in [3.63, 3.8) is 0 Å². The summed E-state index contributed by atoms with van der Waals surface area (Å²) in [5, 5.41) is 0. The molecule has 1 unspecified atom stereocenters. The van der Waals surface area contributed by atoms with Crippen molar-refractivity contribution in [3.05, 3.63) is 29.6 Å². The zero-order valence-corrected chi connectivity index (χ0v) is 9.32. The molecule has 0 spiro atoms. The van der Waals surface area contributed by atoms with E-state index >= 15 is 0 Å². The molecular formula is C12H19N3. The fraction of sp³-hybridized carbons (Fsp3) is 0.583. The second-order valence-corrected chi connectivity index (χ2v) is 4.43. The van der Waals surface area contributed by atoms with Crippen LogP contribution < -0.4 is 5.73 Å². The Morgan fingerprint density at radius 3 is 3.13 bits per heavy atom. The van der Waals surface area contributed by atoms with E-state index in [9.17, 15) is 0 Å². The maximum absolute atomic E-state index is 5.68. The zero-order valence-electron chi connectivity index (χ0n) is 9.32. The molecule has 0 radical (unpaired) electrons. The van der Waals surface area contributed by atoms with Crippen LogP contribution in [0.3, 0.4) is 0 Å². The first kappa shape index (κ1) is 10.6. The third kappa shape index (κ3) is 2.55. The lowest BCUT2D eigenvalue weighted by Gasteiger charge is -2.16. The molecule has 1 aromatic rings. The second-order valence-electron chi connectivity index (χ2n) is 4.43. The second kappa shape index (κ2) is 4.73. The number of rotatable bonds is 3. The quantitative estimate of drug-likeness (QED) is 0.805. The summed E-state index contributed by atoms with van der Waals surface area (Å²) in [6, 6.07) is 2.08. The highest BCUT2D eigenvalue weighted by Crippen LogP contribution is 2.18. The number of aryl methyl sites for hydroxylation is 1. The molecule has 3 heteroatoms. The first-order valence-electron chi connectivity index (χ1n) is 5.61. The maximum atomic E-state index is 5.68. The van der Waals surface area contributed by atoms with Crippen molar-refractivity contribution in [3.8, 4) is 0 Å². The van der Waals surface area contributed by atoms with E-state index in [0.717, 1.165) is 19.6 Å². The van der Waals surface area contributed by atoms with Crippen LogP contribution in [0.5, 0.6) is 0 Å². The Bertz CT molecular complexity index is 324. The van der Waals surface area contributed by atoms with E-state index in [4.69, 9.17) is 5.73 Å². The molecule has 15 heavy (non-hydrogen) atoms. The predicted molar refractivity (Wildman–Crippen MR) is 61.4 cm³/mol. The molecule has 0 aliphatic carbocycles. The van der Waals surface area contributed by atoms with Gasteiger partial charge in [0.05, 0.1) is 0 Å². The average molecular weight is 205 g/mol.